The molecule has 35 heavy (non-hydrogen) atoms. The van der Waals surface area contributed by atoms with Crippen LogP contribution in [0.4, 0.5) is 9.59 Å². The first kappa shape index (κ1) is 31.2. The summed E-state index contributed by atoms with van der Waals surface area (Å²) in [6.45, 7) is 15.2. The van der Waals surface area contributed by atoms with Crippen LogP contribution in [0.1, 0.15) is 94.4 Å². The van der Waals surface area contributed by atoms with Crippen molar-refractivity contribution < 1.29 is 41.2 Å². The third-order valence-corrected chi connectivity index (χ3v) is 5.62. The van der Waals surface area contributed by atoms with E-state index in [0.29, 0.717) is 19.3 Å². The molecule has 2 atom stereocenters. The lowest BCUT2D eigenvalue weighted by Gasteiger charge is -2.35. The van der Waals surface area contributed by atoms with Gasteiger partial charge >= 0.3 is 18.2 Å². The second kappa shape index (κ2) is 11.0. The Morgan fingerprint density at radius 1 is 0.857 bits per heavy atom. The number of rotatable bonds is 7. The highest BCUT2D eigenvalue weighted by molar-refractivity contribution is 7.86. The van der Waals surface area contributed by atoms with Crippen molar-refractivity contribution in [1.82, 2.24) is 4.90 Å². The Kier molecular flexibility index (Phi) is 9.81. The van der Waals surface area contributed by atoms with Crippen LogP contribution in [0.2, 0.25) is 0 Å². The summed E-state index contributed by atoms with van der Waals surface area (Å²) in [5.41, 5.74) is -3.70. The summed E-state index contributed by atoms with van der Waals surface area (Å²) in [6.07, 6.45) is -0.0643. The van der Waals surface area contributed by atoms with E-state index in [0.717, 1.165) is 11.2 Å². The zero-order valence-corrected chi connectivity index (χ0v) is 23.7. The van der Waals surface area contributed by atoms with Gasteiger partial charge in [0.05, 0.1) is 17.8 Å². The highest BCUT2D eigenvalue weighted by Crippen LogP contribution is 2.46. The Bertz CT molecular complexity index is 850. The summed E-state index contributed by atoms with van der Waals surface area (Å²) < 4.78 is 45.5. The Morgan fingerprint density at radius 2 is 1.31 bits per heavy atom. The quantitative estimate of drug-likeness (QED) is 0.264. The standard InChI is InChI=1S/C24H43NO9S/c1-21(2,3)31-18(26)24(14-11-13-17(24)34-35(10,29)30)15-12-16-25(19(27)32-22(4,5)6)20(28)33-23(7,8)9/h17H,11-16H2,1-10H3/t17-,24+/m1/s1. The van der Waals surface area contributed by atoms with Crippen molar-refractivity contribution in [3.05, 3.63) is 0 Å². The van der Waals surface area contributed by atoms with E-state index in [1.54, 1.807) is 62.3 Å². The first-order valence-electron chi connectivity index (χ1n) is 11.9. The zero-order chi connectivity index (χ0) is 27.5. The number of imide groups is 1. The number of carbonyl (C=O) groups is 3. The summed E-state index contributed by atoms with van der Waals surface area (Å²) in [6, 6.07) is 0. The van der Waals surface area contributed by atoms with E-state index in [9.17, 15) is 22.8 Å². The number of hydrogen-bond acceptors (Lipinski definition) is 9. The molecule has 204 valence electrons. The molecule has 0 spiro atoms. The van der Waals surface area contributed by atoms with E-state index in [-0.39, 0.29) is 19.4 Å². The molecule has 0 heterocycles. The maximum atomic E-state index is 13.3. The molecule has 0 unspecified atom stereocenters. The maximum Gasteiger partial charge on any atom is 0.419 e. The van der Waals surface area contributed by atoms with E-state index in [4.69, 9.17) is 18.4 Å². The van der Waals surface area contributed by atoms with Crippen molar-refractivity contribution in [2.24, 2.45) is 5.41 Å². The maximum absolute atomic E-state index is 13.3. The van der Waals surface area contributed by atoms with Crippen LogP contribution in [0.3, 0.4) is 0 Å². The van der Waals surface area contributed by atoms with Gasteiger partial charge in [0.1, 0.15) is 16.8 Å². The van der Waals surface area contributed by atoms with Crippen molar-refractivity contribution in [3.63, 3.8) is 0 Å². The third-order valence-electron chi connectivity index (χ3n) is 5.03. The predicted octanol–water partition coefficient (Wildman–Crippen LogP) is 4.80. The first-order chi connectivity index (χ1) is 15.5. The van der Waals surface area contributed by atoms with Crippen LogP contribution in [-0.4, -0.2) is 67.2 Å². The van der Waals surface area contributed by atoms with Gasteiger partial charge in [0.25, 0.3) is 10.1 Å². The highest BCUT2D eigenvalue weighted by Gasteiger charge is 2.53. The molecule has 0 aromatic carbocycles. The zero-order valence-electron chi connectivity index (χ0n) is 22.8. The Morgan fingerprint density at radius 3 is 1.71 bits per heavy atom. The molecule has 11 heteroatoms. The van der Waals surface area contributed by atoms with Crippen LogP contribution < -0.4 is 0 Å². The number of hydrogen-bond donors (Lipinski definition) is 0. The average Bonchev–Trinajstić information content (AvgIpc) is 2.95. The minimum atomic E-state index is -3.83. The summed E-state index contributed by atoms with van der Waals surface area (Å²) in [7, 11) is -3.83. The van der Waals surface area contributed by atoms with E-state index >= 15 is 0 Å². The number of amides is 2. The smallest absolute Gasteiger partial charge is 0.419 e. The molecule has 0 aromatic rings. The summed E-state index contributed by atoms with van der Waals surface area (Å²) in [5.74, 6) is -0.558. The lowest BCUT2D eigenvalue weighted by atomic mass is 9.79. The van der Waals surface area contributed by atoms with Gasteiger partial charge in [-0.2, -0.15) is 8.42 Å². The van der Waals surface area contributed by atoms with Crippen LogP contribution in [0, 0.1) is 5.41 Å². The van der Waals surface area contributed by atoms with Crippen LogP contribution in [0.5, 0.6) is 0 Å². The SMILES string of the molecule is CC(C)(C)OC(=O)N(CCC[C@@]1(C(=O)OC(C)(C)C)CCC[C@H]1OS(C)(=O)=O)C(=O)OC(C)(C)C. The van der Waals surface area contributed by atoms with Gasteiger partial charge in [-0.05, 0) is 94.4 Å². The third kappa shape index (κ3) is 10.7. The Hall–Kier alpha value is -1.88. The van der Waals surface area contributed by atoms with Gasteiger partial charge < -0.3 is 14.2 Å². The van der Waals surface area contributed by atoms with Gasteiger partial charge in [0, 0.05) is 6.54 Å². The lowest BCUT2D eigenvalue weighted by Crippen LogP contribution is -2.46. The minimum absolute atomic E-state index is 0.0973. The van der Waals surface area contributed by atoms with Crippen molar-refractivity contribution in [3.8, 4) is 0 Å². The lowest BCUT2D eigenvalue weighted by molar-refractivity contribution is -0.172. The molecule has 2 amide bonds. The molecule has 1 rings (SSSR count). The van der Waals surface area contributed by atoms with Crippen LogP contribution >= 0.6 is 0 Å². The van der Waals surface area contributed by atoms with Gasteiger partial charge in [0.15, 0.2) is 0 Å². The Balaban J connectivity index is 3.19. The number of esters is 1. The van der Waals surface area contributed by atoms with Gasteiger partial charge in [-0.3, -0.25) is 8.98 Å². The molecular formula is C24H43NO9S. The largest absolute Gasteiger partial charge is 0.459 e. The van der Waals surface area contributed by atoms with E-state index < -0.39 is 56.6 Å². The van der Waals surface area contributed by atoms with Crippen LogP contribution in [-0.2, 0) is 33.3 Å². The fraction of sp³-hybridized carbons (Fsp3) is 0.875. The second-order valence-electron chi connectivity index (χ2n) is 12.1. The number of ether oxygens (including phenoxy) is 3. The van der Waals surface area contributed by atoms with Gasteiger partial charge in [-0.25, -0.2) is 14.5 Å². The Labute approximate surface area is 210 Å². The fourth-order valence-corrected chi connectivity index (χ4v) is 4.54. The summed E-state index contributed by atoms with van der Waals surface area (Å²) >= 11 is 0. The van der Waals surface area contributed by atoms with E-state index in [1.165, 1.54) is 0 Å². The molecule has 0 aromatic heterocycles. The summed E-state index contributed by atoms with van der Waals surface area (Å²) in [5, 5.41) is 0. The highest BCUT2D eigenvalue weighted by atomic mass is 32.2. The normalized spacial score (nSPS) is 21.4. The molecule has 10 nitrogen and oxygen atoms in total. The molecule has 1 saturated carbocycles. The van der Waals surface area contributed by atoms with Crippen molar-refractivity contribution in [2.45, 2.75) is 117 Å². The average molecular weight is 522 g/mol. The van der Waals surface area contributed by atoms with Crippen molar-refractivity contribution >= 4 is 28.3 Å². The predicted molar refractivity (Wildman–Crippen MR) is 130 cm³/mol. The van der Waals surface area contributed by atoms with E-state index in [1.807, 2.05) is 0 Å². The second-order valence-corrected chi connectivity index (χ2v) is 13.7. The number of carbonyl (C=O) groups excluding carboxylic acids is 3. The van der Waals surface area contributed by atoms with Crippen LogP contribution in [0.25, 0.3) is 0 Å². The molecule has 1 fully saturated rings. The molecule has 0 bridgehead atoms. The van der Waals surface area contributed by atoms with Crippen LogP contribution in [0.15, 0.2) is 0 Å². The molecule has 1 aliphatic carbocycles. The number of nitrogens with zero attached hydrogens (tertiary/aromatic N) is 1. The first-order valence-corrected chi connectivity index (χ1v) is 13.7. The molecule has 0 radical (unpaired) electrons. The van der Waals surface area contributed by atoms with Crippen molar-refractivity contribution in [1.29, 1.82) is 0 Å². The molecule has 1 aliphatic rings. The monoisotopic (exact) mass is 521 g/mol. The molecule has 0 aliphatic heterocycles. The van der Waals surface area contributed by atoms with Gasteiger partial charge in [-0.15, -0.1) is 0 Å². The molecule has 0 saturated heterocycles. The topological polar surface area (TPSA) is 126 Å². The summed E-state index contributed by atoms with van der Waals surface area (Å²) in [4.78, 5) is 39.7. The van der Waals surface area contributed by atoms with Gasteiger partial charge in [-0.1, -0.05) is 0 Å². The van der Waals surface area contributed by atoms with Crippen molar-refractivity contribution in [2.75, 3.05) is 12.8 Å². The minimum Gasteiger partial charge on any atom is -0.459 e. The molecular weight excluding hydrogens is 478 g/mol. The molecule has 0 N–H and O–H groups in total. The fourth-order valence-electron chi connectivity index (χ4n) is 3.84. The van der Waals surface area contributed by atoms with E-state index in [2.05, 4.69) is 0 Å². The van der Waals surface area contributed by atoms with Gasteiger partial charge in [0.2, 0.25) is 0 Å².